The van der Waals surface area contributed by atoms with E-state index in [-0.39, 0.29) is 11.9 Å². The first-order chi connectivity index (χ1) is 15.2. The van der Waals surface area contributed by atoms with E-state index in [2.05, 4.69) is 23.5 Å². The maximum atomic E-state index is 13.2. The smallest absolute Gasteiger partial charge is 0.244 e. The van der Waals surface area contributed by atoms with E-state index in [1.807, 2.05) is 13.8 Å². The molecule has 174 valence electrons. The van der Waals surface area contributed by atoms with Crippen molar-refractivity contribution in [1.82, 2.24) is 5.32 Å². The highest BCUT2D eigenvalue weighted by molar-refractivity contribution is 7.92. The minimum Gasteiger partial charge on any atom is -0.494 e. The van der Waals surface area contributed by atoms with Gasteiger partial charge in [-0.05, 0) is 86.9 Å². The number of benzene rings is 2. The molecule has 7 heteroatoms. The van der Waals surface area contributed by atoms with Crippen molar-refractivity contribution in [2.24, 2.45) is 0 Å². The van der Waals surface area contributed by atoms with E-state index in [0.717, 1.165) is 35.4 Å². The van der Waals surface area contributed by atoms with Crippen molar-refractivity contribution in [2.75, 3.05) is 17.2 Å². The molecule has 0 saturated heterocycles. The number of carbonyl (C=O) groups is 1. The number of sulfonamides is 1. The predicted octanol–water partition coefficient (Wildman–Crippen LogP) is 4.39. The standard InChI is InChI=1S/C25H34N2O4S/c1-5-24(21-12-11-19-9-7-8-10-20(19)17-21)26-25(28)18(3)27(32(4,29)30)22-13-15-23(16-14-22)31-6-2/h11-18,24H,5-10H2,1-4H3,(H,26,28)/t18-,24+/m1/s1. The van der Waals surface area contributed by atoms with Crippen molar-refractivity contribution in [3.8, 4) is 5.75 Å². The van der Waals surface area contributed by atoms with Gasteiger partial charge in [0.2, 0.25) is 15.9 Å². The lowest BCUT2D eigenvalue weighted by atomic mass is 9.88. The Bertz CT molecular complexity index is 1030. The van der Waals surface area contributed by atoms with Gasteiger partial charge in [0, 0.05) is 0 Å². The van der Waals surface area contributed by atoms with Crippen LogP contribution < -0.4 is 14.4 Å². The quantitative estimate of drug-likeness (QED) is 0.605. The number of hydrogen-bond donors (Lipinski definition) is 1. The molecule has 2 atom stereocenters. The van der Waals surface area contributed by atoms with Gasteiger partial charge in [0.25, 0.3) is 0 Å². The van der Waals surface area contributed by atoms with E-state index in [1.54, 1.807) is 31.2 Å². The fourth-order valence-corrected chi connectivity index (χ4v) is 5.52. The summed E-state index contributed by atoms with van der Waals surface area (Å²) in [6.07, 6.45) is 6.45. The second-order valence-corrected chi connectivity index (χ2v) is 10.2. The Morgan fingerprint density at radius 3 is 2.31 bits per heavy atom. The second-order valence-electron chi connectivity index (χ2n) is 8.37. The van der Waals surface area contributed by atoms with Gasteiger partial charge in [0.1, 0.15) is 11.8 Å². The summed E-state index contributed by atoms with van der Waals surface area (Å²) in [5.74, 6) is 0.328. The molecule has 32 heavy (non-hydrogen) atoms. The van der Waals surface area contributed by atoms with Crippen LogP contribution in [0.15, 0.2) is 42.5 Å². The van der Waals surface area contributed by atoms with Crippen molar-refractivity contribution in [3.63, 3.8) is 0 Å². The molecule has 0 saturated carbocycles. The fraction of sp³-hybridized carbons (Fsp3) is 0.480. The Morgan fingerprint density at radius 2 is 1.72 bits per heavy atom. The summed E-state index contributed by atoms with van der Waals surface area (Å²) in [6.45, 7) is 6.05. The van der Waals surface area contributed by atoms with Crippen LogP contribution in [0.2, 0.25) is 0 Å². The lowest BCUT2D eigenvalue weighted by molar-refractivity contribution is -0.122. The van der Waals surface area contributed by atoms with Crippen LogP contribution in [0, 0.1) is 0 Å². The highest BCUT2D eigenvalue weighted by Crippen LogP contribution is 2.27. The normalized spacial score (nSPS) is 15.4. The number of amides is 1. The molecule has 1 aliphatic carbocycles. The molecule has 0 fully saturated rings. The van der Waals surface area contributed by atoms with Gasteiger partial charge in [-0.3, -0.25) is 9.10 Å². The van der Waals surface area contributed by atoms with Crippen molar-refractivity contribution in [3.05, 3.63) is 59.2 Å². The number of nitrogens with one attached hydrogen (secondary N) is 1. The van der Waals surface area contributed by atoms with E-state index < -0.39 is 16.1 Å². The number of carbonyl (C=O) groups excluding carboxylic acids is 1. The molecule has 0 aliphatic heterocycles. The van der Waals surface area contributed by atoms with Crippen LogP contribution in [-0.4, -0.2) is 33.2 Å². The summed E-state index contributed by atoms with van der Waals surface area (Å²) in [5.41, 5.74) is 4.26. The Balaban J connectivity index is 1.80. The van der Waals surface area contributed by atoms with Crippen molar-refractivity contribution >= 4 is 21.6 Å². The van der Waals surface area contributed by atoms with Gasteiger partial charge in [-0.15, -0.1) is 0 Å². The summed E-state index contributed by atoms with van der Waals surface area (Å²) in [5, 5.41) is 3.07. The fourth-order valence-electron chi connectivity index (χ4n) is 4.35. The first-order valence-corrected chi connectivity index (χ1v) is 13.2. The van der Waals surface area contributed by atoms with Gasteiger partial charge < -0.3 is 10.1 Å². The zero-order valence-electron chi connectivity index (χ0n) is 19.4. The molecule has 0 aromatic heterocycles. The molecule has 1 N–H and O–H groups in total. The molecule has 1 amide bonds. The number of anilines is 1. The third-order valence-electron chi connectivity index (χ3n) is 5.99. The summed E-state index contributed by atoms with van der Waals surface area (Å²) in [6, 6.07) is 12.2. The molecule has 0 unspecified atom stereocenters. The molecule has 0 spiro atoms. The maximum Gasteiger partial charge on any atom is 0.244 e. The average molecular weight is 459 g/mol. The number of rotatable bonds is 9. The van der Waals surface area contributed by atoms with Gasteiger partial charge in [-0.25, -0.2) is 8.42 Å². The number of aryl methyl sites for hydroxylation is 2. The second kappa shape index (κ2) is 10.4. The van der Waals surface area contributed by atoms with Gasteiger partial charge in [-0.1, -0.05) is 25.1 Å². The van der Waals surface area contributed by atoms with Gasteiger partial charge in [-0.2, -0.15) is 0 Å². The van der Waals surface area contributed by atoms with Crippen molar-refractivity contribution < 1.29 is 17.9 Å². The molecule has 1 aliphatic rings. The van der Waals surface area contributed by atoms with E-state index in [4.69, 9.17) is 4.74 Å². The Hall–Kier alpha value is -2.54. The molecular formula is C25H34N2O4S. The Labute approximate surface area is 192 Å². The average Bonchev–Trinajstić information content (AvgIpc) is 2.77. The summed E-state index contributed by atoms with van der Waals surface area (Å²) in [7, 11) is -3.67. The molecular weight excluding hydrogens is 424 g/mol. The van der Waals surface area contributed by atoms with Crippen LogP contribution in [0.5, 0.6) is 5.75 Å². The van der Waals surface area contributed by atoms with E-state index in [9.17, 15) is 13.2 Å². The molecule has 0 bridgehead atoms. The largest absolute Gasteiger partial charge is 0.494 e. The number of nitrogens with zero attached hydrogens (tertiary/aromatic N) is 1. The zero-order chi connectivity index (χ0) is 23.3. The van der Waals surface area contributed by atoms with Crippen molar-refractivity contribution in [1.29, 1.82) is 0 Å². The number of fused-ring (bicyclic) bond motifs is 1. The molecule has 2 aromatic rings. The third-order valence-corrected chi connectivity index (χ3v) is 7.23. The van der Waals surface area contributed by atoms with Gasteiger partial charge >= 0.3 is 0 Å². The summed E-state index contributed by atoms with van der Waals surface area (Å²) >= 11 is 0. The van der Waals surface area contributed by atoms with Crippen LogP contribution >= 0.6 is 0 Å². The highest BCUT2D eigenvalue weighted by atomic mass is 32.2. The Morgan fingerprint density at radius 1 is 1.06 bits per heavy atom. The molecule has 0 radical (unpaired) electrons. The highest BCUT2D eigenvalue weighted by Gasteiger charge is 2.30. The lowest BCUT2D eigenvalue weighted by Crippen LogP contribution is -2.48. The first-order valence-electron chi connectivity index (χ1n) is 11.4. The van der Waals surface area contributed by atoms with E-state index in [0.29, 0.717) is 18.0 Å². The van der Waals surface area contributed by atoms with Crippen LogP contribution in [0.1, 0.15) is 62.8 Å². The Kier molecular flexibility index (Phi) is 7.82. The lowest BCUT2D eigenvalue weighted by Gasteiger charge is -2.30. The van der Waals surface area contributed by atoms with E-state index >= 15 is 0 Å². The molecule has 3 rings (SSSR count). The third kappa shape index (κ3) is 5.63. The summed E-state index contributed by atoms with van der Waals surface area (Å²) < 4.78 is 31.8. The monoisotopic (exact) mass is 458 g/mol. The minimum atomic E-state index is -3.67. The SMILES string of the molecule is CCOc1ccc(N([C@H](C)C(=O)N[C@@H](CC)c2ccc3c(c2)CCCC3)S(C)(=O)=O)cc1. The zero-order valence-corrected chi connectivity index (χ0v) is 20.2. The van der Waals surface area contributed by atoms with Gasteiger partial charge in [0.15, 0.2) is 0 Å². The van der Waals surface area contributed by atoms with Crippen LogP contribution in [0.4, 0.5) is 5.69 Å². The van der Waals surface area contributed by atoms with Crippen molar-refractivity contribution in [2.45, 2.75) is 65.0 Å². The number of hydrogen-bond acceptors (Lipinski definition) is 4. The summed E-state index contributed by atoms with van der Waals surface area (Å²) in [4.78, 5) is 13.2. The first kappa shape index (κ1) is 24.1. The predicted molar refractivity (Wildman–Crippen MR) is 129 cm³/mol. The molecule has 2 aromatic carbocycles. The number of ether oxygens (including phenoxy) is 1. The molecule has 6 nitrogen and oxygen atoms in total. The van der Waals surface area contributed by atoms with E-state index in [1.165, 1.54) is 24.0 Å². The maximum absolute atomic E-state index is 13.2. The van der Waals surface area contributed by atoms with Crippen LogP contribution in [0.25, 0.3) is 0 Å². The topological polar surface area (TPSA) is 75.7 Å². The molecule has 0 heterocycles. The van der Waals surface area contributed by atoms with Gasteiger partial charge in [0.05, 0.1) is 24.6 Å². The van der Waals surface area contributed by atoms with Crippen LogP contribution in [-0.2, 0) is 27.7 Å². The minimum absolute atomic E-state index is 0.168. The van der Waals surface area contributed by atoms with Crippen LogP contribution in [0.3, 0.4) is 0 Å².